The Bertz CT molecular complexity index is 2120. The molecule has 0 aliphatic carbocycles. The van der Waals surface area contributed by atoms with E-state index >= 15 is 0 Å². The summed E-state index contributed by atoms with van der Waals surface area (Å²) in [6.07, 6.45) is 10.3. The topological polar surface area (TPSA) is 143 Å². The number of carbonyl (C=O) groups is 4. The lowest BCUT2D eigenvalue weighted by atomic mass is 9.85. The van der Waals surface area contributed by atoms with Crippen molar-refractivity contribution in [2.75, 3.05) is 58.4 Å². The molecule has 316 valence electrons. The lowest BCUT2D eigenvalue weighted by Crippen LogP contribution is -2.47. The summed E-state index contributed by atoms with van der Waals surface area (Å²) >= 11 is 0. The monoisotopic (exact) mass is 826 g/mol. The van der Waals surface area contributed by atoms with E-state index < -0.39 is 33.4 Å². The fraction of sp³-hybridized carbons (Fsp3) is 0.522. The number of unbranched alkanes of at least 4 members (excludes halogenated alkanes) is 2. The number of carbonyl (C=O) groups excluding carboxylic acids is 4. The van der Waals surface area contributed by atoms with E-state index in [1.54, 1.807) is 24.3 Å². The van der Waals surface area contributed by atoms with E-state index in [1.165, 1.54) is 25.5 Å². The normalized spacial score (nSPS) is 20.5. The number of benzene rings is 3. The van der Waals surface area contributed by atoms with Crippen LogP contribution in [0, 0.1) is 0 Å². The number of nitrogens with one attached hydrogen (secondary N) is 1. The summed E-state index contributed by atoms with van der Waals surface area (Å²) in [5.41, 5.74) is 4.33. The third kappa shape index (κ3) is 9.90. The number of hydrogen-bond acceptors (Lipinski definition) is 10. The van der Waals surface area contributed by atoms with E-state index in [9.17, 15) is 27.6 Å². The highest BCUT2D eigenvalue weighted by Crippen LogP contribution is 2.38. The lowest BCUT2D eigenvalue weighted by molar-refractivity contribution is -0.134. The van der Waals surface area contributed by atoms with Crippen LogP contribution in [0.15, 0.2) is 60.7 Å². The van der Waals surface area contributed by atoms with Crippen LogP contribution in [0.1, 0.15) is 126 Å². The number of amides is 4. The minimum Gasteiger partial charge on any atom is -0.493 e. The van der Waals surface area contributed by atoms with E-state index in [4.69, 9.17) is 9.47 Å². The van der Waals surface area contributed by atoms with Crippen molar-refractivity contribution in [3.63, 3.8) is 0 Å². The first-order valence-corrected chi connectivity index (χ1v) is 23.4. The van der Waals surface area contributed by atoms with Crippen molar-refractivity contribution in [1.82, 2.24) is 20.0 Å². The first kappa shape index (κ1) is 42.5. The Kier molecular flexibility index (Phi) is 13.5. The largest absolute Gasteiger partial charge is 0.493 e. The first-order valence-electron chi connectivity index (χ1n) is 21.3. The van der Waals surface area contributed by atoms with Gasteiger partial charge in [-0.3, -0.25) is 29.4 Å². The molecule has 3 aromatic carbocycles. The van der Waals surface area contributed by atoms with Crippen molar-refractivity contribution < 1.29 is 37.1 Å². The van der Waals surface area contributed by atoms with Gasteiger partial charge in [0.25, 0.3) is 11.8 Å². The molecule has 3 saturated heterocycles. The maximum absolute atomic E-state index is 14.1. The zero-order valence-corrected chi connectivity index (χ0v) is 35.4. The standard InChI is InChI=1S/C46H58N4O8S/c1-4-58-41-29-35(16-18-40(41)57-2)39(30-59(3,55)56)50-45(53)38-11-8-10-34(43(38)46(50)54)9-6-5-7-24-48-25-22-36(23-26-48)49-27-20-32(21-28-49)31-12-14-33(15-13-31)37-17-19-42(51)47-44(37)52/h8,10-16,18,29,32,36-37,39H,4-7,9,17,19-28,30H2,1-3H3,(H,47,51,52)/t37?,39-/m1/s1. The Morgan fingerprint density at radius 1 is 0.814 bits per heavy atom. The van der Waals surface area contributed by atoms with Crippen molar-refractivity contribution in [2.24, 2.45) is 0 Å². The summed E-state index contributed by atoms with van der Waals surface area (Å²) in [4.78, 5) is 58.2. The Hall–Kier alpha value is -4.59. The van der Waals surface area contributed by atoms with E-state index in [2.05, 4.69) is 39.4 Å². The summed E-state index contributed by atoms with van der Waals surface area (Å²) in [5.74, 6) is -0.541. The number of sulfone groups is 1. The molecular weight excluding hydrogens is 769 g/mol. The smallest absolute Gasteiger partial charge is 0.262 e. The van der Waals surface area contributed by atoms with Gasteiger partial charge >= 0.3 is 0 Å². The van der Waals surface area contributed by atoms with Crippen molar-refractivity contribution >= 4 is 33.5 Å². The third-order valence-corrected chi connectivity index (χ3v) is 13.7. The van der Waals surface area contributed by atoms with Crippen LogP contribution in [-0.2, 0) is 25.8 Å². The number of likely N-dealkylation sites (tertiary alicyclic amines) is 2. The molecule has 0 saturated carbocycles. The van der Waals surface area contributed by atoms with E-state index in [1.807, 2.05) is 19.1 Å². The van der Waals surface area contributed by atoms with Crippen LogP contribution in [0.5, 0.6) is 11.5 Å². The molecule has 4 amide bonds. The minimum atomic E-state index is -3.59. The second-order valence-electron chi connectivity index (χ2n) is 16.6. The predicted molar refractivity (Wildman–Crippen MR) is 226 cm³/mol. The highest BCUT2D eigenvalue weighted by Gasteiger charge is 2.43. The summed E-state index contributed by atoms with van der Waals surface area (Å²) in [6, 6.07) is 18.5. The number of rotatable bonds is 16. The summed E-state index contributed by atoms with van der Waals surface area (Å²) in [5, 5.41) is 2.47. The maximum atomic E-state index is 14.1. The highest BCUT2D eigenvalue weighted by molar-refractivity contribution is 7.90. The highest BCUT2D eigenvalue weighted by atomic mass is 32.2. The van der Waals surface area contributed by atoms with Gasteiger partial charge in [0, 0.05) is 18.7 Å². The van der Waals surface area contributed by atoms with Crippen LogP contribution in [0.4, 0.5) is 0 Å². The molecule has 1 unspecified atom stereocenters. The van der Waals surface area contributed by atoms with Gasteiger partial charge in [0.05, 0.1) is 42.6 Å². The number of methoxy groups -OCH3 is 1. The molecule has 2 atom stereocenters. The molecule has 3 fully saturated rings. The van der Waals surface area contributed by atoms with Crippen LogP contribution in [0.3, 0.4) is 0 Å². The van der Waals surface area contributed by atoms with Crippen LogP contribution >= 0.6 is 0 Å². The first-order chi connectivity index (χ1) is 28.4. The average Bonchev–Trinajstić information content (AvgIpc) is 3.49. The zero-order valence-electron chi connectivity index (χ0n) is 34.6. The summed E-state index contributed by atoms with van der Waals surface area (Å²) in [7, 11) is -2.07. The number of piperidine rings is 3. The maximum Gasteiger partial charge on any atom is 0.262 e. The molecule has 1 N–H and O–H groups in total. The zero-order chi connectivity index (χ0) is 41.7. The fourth-order valence-electron chi connectivity index (χ4n) is 9.59. The number of aryl methyl sites for hydroxylation is 1. The molecule has 4 aliphatic heterocycles. The molecule has 0 spiro atoms. The Balaban J connectivity index is 0.862. The molecule has 0 radical (unpaired) electrons. The van der Waals surface area contributed by atoms with Crippen molar-refractivity contribution in [3.8, 4) is 11.5 Å². The number of fused-ring (bicyclic) bond motifs is 1. The Labute approximate surface area is 348 Å². The molecule has 59 heavy (non-hydrogen) atoms. The van der Waals surface area contributed by atoms with Crippen LogP contribution in [-0.4, -0.2) is 111 Å². The van der Waals surface area contributed by atoms with Crippen molar-refractivity contribution in [2.45, 2.75) is 95.1 Å². The van der Waals surface area contributed by atoms with Gasteiger partial charge in [-0.2, -0.15) is 0 Å². The number of imide groups is 2. The van der Waals surface area contributed by atoms with Crippen molar-refractivity contribution in [3.05, 3.63) is 94.0 Å². The minimum absolute atomic E-state index is 0.181. The van der Waals surface area contributed by atoms with Gasteiger partial charge < -0.3 is 19.3 Å². The van der Waals surface area contributed by atoms with Crippen molar-refractivity contribution in [1.29, 1.82) is 0 Å². The van der Waals surface area contributed by atoms with Gasteiger partial charge in [-0.25, -0.2) is 8.42 Å². The number of hydrogen-bond donors (Lipinski definition) is 1. The Morgan fingerprint density at radius 2 is 1.54 bits per heavy atom. The van der Waals surface area contributed by atoms with Crippen LogP contribution in [0.2, 0.25) is 0 Å². The molecule has 3 aromatic rings. The quantitative estimate of drug-likeness (QED) is 0.134. The van der Waals surface area contributed by atoms with Gasteiger partial charge in [-0.05, 0) is 137 Å². The Morgan fingerprint density at radius 3 is 2.22 bits per heavy atom. The van der Waals surface area contributed by atoms with Crippen LogP contribution in [0.25, 0.3) is 0 Å². The molecule has 0 bridgehead atoms. The number of nitrogens with zero attached hydrogens (tertiary/aromatic N) is 3. The molecule has 7 rings (SSSR count). The fourth-order valence-corrected chi connectivity index (χ4v) is 10.5. The molecule has 4 heterocycles. The third-order valence-electron chi connectivity index (χ3n) is 12.8. The second kappa shape index (κ2) is 18.8. The average molecular weight is 827 g/mol. The molecular formula is C46H58N4O8S. The number of ether oxygens (including phenoxy) is 2. The van der Waals surface area contributed by atoms with E-state index in [0.717, 1.165) is 87.1 Å². The van der Waals surface area contributed by atoms with Gasteiger partial charge in [0.15, 0.2) is 11.5 Å². The van der Waals surface area contributed by atoms with Gasteiger partial charge in [-0.1, -0.05) is 48.9 Å². The molecule has 4 aliphatic rings. The lowest BCUT2D eigenvalue weighted by Gasteiger charge is -2.42. The second-order valence-corrected chi connectivity index (χ2v) is 18.8. The van der Waals surface area contributed by atoms with Gasteiger partial charge in [-0.15, -0.1) is 0 Å². The SMILES string of the molecule is CCOc1cc([C@@H](CS(C)(=O)=O)N2C(=O)c3cccc(CCCCCN4CCC(N5CCC(c6ccc(C7CCC(=O)NC7=O)cc6)CC5)CC4)c3C2=O)ccc1OC. The molecule has 13 heteroatoms. The predicted octanol–water partition coefficient (Wildman–Crippen LogP) is 6.05. The van der Waals surface area contributed by atoms with Gasteiger partial charge in [0.2, 0.25) is 11.8 Å². The molecule has 12 nitrogen and oxygen atoms in total. The summed E-state index contributed by atoms with van der Waals surface area (Å²) < 4.78 is 36.4. The summed E-state index contributed by atoms with van der Waals surface area (Å²) in [6.45, 7) is 7.64. The van der Waals surface area contributed by atoms with E-state index in [0.29, 0.717) is 66.0 Å². The van der Waals surface area contributed by atoms with E-state index in [-0.39, 0.29) is 17.7 Å². The molecule has 0 aromatic heterocycles. The van der Waals surface area contributed by atoms with Crippen LogP contribution < -0.4 is 14.8 Å². The van der Waals surface area contributed by atoms with Gasteiger partial charge in [0.1, 0.15) is 9.84 Å².